The molecule has 1 aliphatic rings. The molecular weight excluding hydrogens is 295 g/mol. The number of nitrogens with two attached hydrogens (primary N) is 1. The van der Waals surface area contributed by atoms with E-state index in [0.29, 0.717) is 12.0 Å². The summed E-state index contributed by atoms with van der Waals surface area (Å²) in [6, 6.07) is 5.55. The number of benzene rings is 1. The fourth-order valence-corrected chi connectivity index (χ4v) is 3.26. The first kappa shape index (κ1) is 14.0. The summed E-state index contributed by atoms with van der Waals surface area (Å²) >= 11 is 3.41. The van der Waals surface area contributed by atoms with Crippen molar-refractivity contribution in [2.45, 2.75) is 37.8 Å². The predicted octanol–water partition coefficient (Wildman–Crippen LogP) is 3.37. The van der Waals surface area contributed by atoms with Crippen LogP contribution in [0.3, 0.4) is 0 Å². The SMILES string of the molecule is CNC(c1cc(Br)ccc1F)C1CCC(N)CC1. The van der Waals surface area contributed by atoms with Crippen LogP contribution in [0, 0.1) is 11.7 Å². The van der Waals surface area contributed by atoms with Crippen LogP contribution in [0.1, 0.15) is 37.3 Å². The molecule has 0 aliphatic heterocycles. The van der Waals surface area contributed by atoms with Crippen molar-refractivity contribution in [1.82, 2.24) is 5.32 Å². The van der Waals surface area contributed by atoms with Gasteiger partial charge in [0.05, 0.1) is 0 Å². The second kappa shape index (κ2) is 6.13. The molecule has 0 radical (unpaired) electrons. The van der Waals surface area contributed by atoms with Gasteiger partial charge in [-0.2, -0.15) is 0 Å². The maximum atomic E-state index is 14.0. The highest BCUT2D eigenvalue weighted by molar-refractivity contribution is 9.10. The lowest BCUT2D eigenvalue weighted by Crippen LogP contribution is -2.33. The molecule has 0 saturated heterocycles. The Balaban J connectivity index is 2.19. The van der Waals surface area contributed by atoms with Gasteiger partial charge in [-0.3, -0.25) is 0 Å². The van der Waals surface area contributed by atoms with Gasteiger partial charge in [0.2, 0.25) is 0 Å². The number of hydrogen-bond acceptors (Lipinski definition) is 2. The van der Waals surface area contributed by atoms with E-state index in [9.17, 15) is 4.39 Å². The quantitative estimate of drug-likeness (QED) is 0.897. The molecule has 2 rings (SSSR count). The molecule has 0 heterocycles. The number of nitrogens with one attached hydrogen (secondary N) is 1. The molecular formula is C14H20BrFN2. The topological polar surface area (TPSA) is 38.0 Å². The van der Waals surface area contributed by atoms with Crippen LogP contribution in [0.2, 0.25) is 0 Å². The largest absolute Gasteiger partial charge is 0.328 e. The first-order chi connectivity index (χ1) is 8.61. The van der Waals surface area contributed by atoms with Crippen molar-refractivity contribution in [2.75, 3.05) is 7.05 Å². The molecule has 18 heavy (non-hydrogen) atoms. The summed E-state index contributed by atoms with van der Waals surface area (Å²) in [4.78, 5) is 0. The normalized spacial score (nSPS) is 26.0. The zero-order valence-electron chi connectivity index (χ0n) is 10.6. The average Bonchev–Trinajstić information content (AvgIpc) is 2.37. The summed E-state index contributed by atoms with van der Waals surface area (Å²) in [7, 11) is 1.90. The third-order valence-electron chi connectivity index (χ3n) is 3.89. The summed E-state index contributed by atoms with van der Waals surface area (Å²) in [6.45, 7) is 0. The molecule has 4 heteroatoms. The standard InChI is InChI=1S/C14H20BrFN2/c1-18-14(9-2-5-11(17)6-3-9)12-8-10(15)4-7-13(12)16/h4,7-9,11,14,18H,2-3,5-6,17H2,1H3. The Labute approximate surface area is 116 Å². The van der Waals surface area contributed by atoms with Crippen molar-refractivity contribution in [2.24, 2.45) is 11.7 Å². The summed E-state index contributed by atoms with van der Waals surface area (Å²) < 4.78 is 14.9. The molecule has 2 nitrogen and oxygen atoms in total. The highest BCUT2D eigenvalue weighted by atomic mass is 79.9. The maximum Gasteiger partial charge on any atom is 0.128 e. The minimum atomic E-state index is -0.132. The van der Waals surface area contributed by atoms with Gasteiger partial charge < -0.3 is 11.1 Å². The van der Waals surface area contributed by atoms with Crippen LogP contribution < -0.4 is 11.1 Å². The third kappa shape index (κ3) is 3.11. The van der Waals surface area contributed by atoms with Crippen molar-refractivity contribution in [1.29, 1.82) is 0 Å². The Morgan fingerprint density at radius 1 is 1.33 bits per heavy atom. The number of hydrogen-bond donors (Lipinski definition) is 2. The molecule has 1 saturated carbocycles. The molecule has 1 aromatic carbocycles. The molecule has 0 spiro atoms. The van der Waals surface area contributed by atoms with Gasteiger partial charge >= 0.3 is 0 Å². The van der Waals surface area contributed by atoms with E-state index < -0.39 is 0 Å². The Hall–Kier alpha value is -0.450. The Morgan fingerprint density at radius 2 is 2.00 bits per heavy atom. The fourth-order valence-electron chi connectivity index (χ4n) is 2.88. The van der Waals surface area contributed by atoms with E-state index in [-0.39, 0.29) is 11.9 Å². The van der Waals surface area contributed by atoms with Crippen LogP contribution in [0.25, 0.3) is 0 Å². The lowest BCUT2D eigenvalue weighted by atomic mass is 9.79. The molecule has 1 fully saturated rings. The van der Waals surface area contributed by atoms with E-state index in [4.69, 9.17) is 5.73 Å². The molecule has 3 N–H and O–H groups in total. The summed E-state index contributed by atoms with van der Waals surface area (Å²) in [5, 5.41) is 3.27. The highest BCUT2D eigenvalue weighted by Crippen LogP contribution is 2.35. The molecule has 1 unspecified atom stereocenters. The zero-order valence-corrected chi connectivity index (χ0v) is 12.2. The van der Waals surface area contributed by atoms with Crippen LogP contribution in [-0.4, -0.2) is 13.1 Å². The van der Waals surface area contributed by atoms with Gasteiger partial charge in [0, 0.05) is 22.1 Å². The second-order valence-electron chi connectivity index (χ2n) is 5.11. The van der Waals surface area contributed by atoms with Gasteiger partial charge in [-0.25, -0.2) is 4.39 Å². The Morgan fingerprint density at radius 3 is 2.61 bits per heavy atom. The van der Waals surface area contributed by atoms with Gasteiger partial charge in [0.1, 0.15) is 5.82 Å². The van der Waals surface area contributed by atoms with Crippen LogP contribution in [0.4, 0.5) is 4.39 Å². The predicted molar refractivity (Wildman–Crippen MR) is 75.8 cm³/mol. The van der Waals surface area contributed by atoms with Gasteiger partial charge in [-0.05, 0) is 56.8 Å². The van der Waals surface area contributed by atoms with Crippen LogP contribution in [0.5, 0.6) is 0 Å². The van der Waals surface area contributed by atoms with Crippen LogP contribution in [0.15, 0.2) is 22.7 Å². The number of halogens is 2. The zero-order chi connectivity index (χ0) is 13.1. The molecule has 0 bridgehead atoms. The number of rotatable bonds is 3. The lowest BCUT2D eigenvalue weighted by molar-refractivity contribution is 0.258. The first-order valence-corrected chi connectivity index (χ1v) is 7.29. The lowest BCUT2D eigenvalue weighted by Gasteiger charge is -2.33. The minimum absolute atomic E-state index is 0.0787. The van der Waals surface area contributed by atoms with Crippen molar-refractivity contribution in [3.05, 3.63) is 34.1 Å². The Kier molecular flexibility index (Phi) is 4.76. The molecule has 1 aromatic rings. The van der Waals surface area contributed by atoms with Gasteiger partial charge in [-0.15, -0.1) is 0 Å². The van der Waals surface area contributed by atoms with E-state index in [2.05, 4.69) is 21.2 Å². The van der Waals surface area contributed by atoms with Crippen molar-refractivity contribution in [3.63, 3.8) is 0 Å². The van der Waals surface area contributed by atoms with E-state index in [1.807, 2.05) is 13.1 Å². The van der Waals surface area contributed by atoms with Crippen LogP contribution >= 0.6 is 15.9 Å². The molecule has 0 aromatic heterocycles. The first-order valence-electron chi connectivity index (χ1n) is 6.49. The van der Waals surface area contributed by atoms with Gasteiger partial charge in [0.15, 0.2) is 0 Å². The average molecular weight is 315 g/mol. The Bertz CT molecular complexity index is 403. The van der Waals surface area contributed by atoms with E-state index in [1.165, 1.54) is 6.07 Å². The van der Waals surface area contributed by atoms with Crippen molar-refractivity contribution in [3.8, 4) is 0 Å². The van der Waals surface area contributed by atoms with Crippen LogP contribution in [-0.2, 0) is 0 Å². The molecule has 0 amide bonds. The summed E-state index contributed by atoms with van der Waals surface area (Å²) in [5.74, 6) is 0.339. The van der Waals surface area contributed by atoms with E-state index in [1.54, 1.807) is 6.07 Å². The smallest absolute Gasteiger partial charge is 0.128 e. The maximum absolute atomic E-state index is 14.0. The molecule has 100 valence electrons. The monoisotopic (exact) mass is 314 g/mol. The van der Waals surface area contributed by atoms with E-state index >= 15 is 0 Å². The molecule has 1 aliphatic carbocycles. The summed E-state index contributed by atoms with van der Waals surface area (Å²) in [5.41, 5.74) is 6.69. The van der Waals surface area contributed by atoms with Crippen molar-refractivity contribution >= 4 is 15.9 Å². The highest BCUT2D eigenvalue weighted by Gasteiger charge is 2.28. The van der Waals surface area contributed by atoms with E-state index in [0.717, 1.165) is 35.7 Å². The summed E-state index contributed by atoms with van der Waals surface area (Å²) in [6.07, 6.45) is 4.22. The third-order valence-corrected chi connectivity index (χ3v) is 4.39. The molecule has 1 atom stereocenters. The van der Waals surface area contributed by atoms with Crippen molar-refractivity contribution < 1.29 is 4.39 Å². The second-order valence-corrected chi connectivity index (χ2v) is 6.02. The van der Waals surface area contributed by atoms with Gasteiger partial charge in [0.25, 0.3) is 0 Å². The van der Waals surface area contributed by atoms with Gasteiger partial charge in [-0.1, -0.05) is 15.9 Å². The fraction of sp³-hybridized carbons (Fsp3) is 0.571. The minimum Gasteiger partial charge on any atom is -0.328 e.